The van der Waals surface area contributed by atoms with Crippen molar-refractivity contribution in [3.63, 3.8) is 0 Å². The number of halogens is 1. The van der Waals surface area contributed by atoms with Crippen molar-refractivity contribution < 1.29 is 0 Å². The van der Waals surface area contributed by atoms with Crippen LogP contribution in [-0.4, -0.2) is 13.1 Å². The summed E-state index contributed by atoms with van der Waals surface area (Å²) in [7, 11) is 0. The van der Waals surface area contributed by atoms with E-state index in [0.29, 0.717) is 5.92 Å². The molecule has 2 heteroatoms. The Morgan fingerprint density at radius 2 is 1.94 bits per heavy atom. The van der Waals surface area contributed by atoms with E-state index in [4.69, 9.17) is 0 Å². The molecule has 0 amide bonds. The average molecular weight is 298 g/mol. The first-order valence-corrected chi connectivity index (χ1v) is 7.45. The van der Waals surface area contributed by atoms with Crippen molar-refractivity contribution in [2.24, 2.45) is 5.92 Å². The summed E-state index contributed by atoms with van der Waals surface area (Å²) in [6.45, 7) is 8.91. The van der Waals surface area contributed by atoms with Gasteiger partial charge >= 0.3 is 0 Å². The van der Waals surface area contributed by atoms with Crippen molar-refractivity contribution in [2.75, 3.05) is 13.1 Å². The predicted molar refractivity (Wildman–Crippen MR) is 79.5 cm³/mol. The summed E-state index contributed by atoms with van der Waals surface area (Å²) >= 11 is 3.68. The van der Waals surface area contributed by atoms with Crippen LogP contribution in [0.1, 0.15) is 45.1 Å². The van der Waals surface area contributed by atoms with Crippen molar-refractivity contribution in [1.82, 2.24) is 5.32 Å². The molecule has 0 saturated carbocycles. The van der Waals surface area contributed by atoms with Gasteiger partial charge in [-0.05, 0) is 24.1 Å². The molecular formula is C15H24BrN. The maximum Gasteiger partial charge on any atom is 0.0210 e. The quantitative estimate of drug-likeness (QED) is 0.777. The lowest BCUT2D eigenvalue weighted by molar-refractivity contribution is 0.406. The molecule has 1 nitrogen and oxygen atoms in total. The van der Waals surface area contributed by atoms with Crippen LogP contribution in [0.15, 0.2) is 28.7 Å². The molecule has 2 atom stereocenters. The first-order valence-electron chi connectivity index (χ1n) is 6.65. The molecule has 17 heavy (non-hydrogen) atoms. The molecule has 1 N–H and O–H groups in total. The highest BCUT2D eigenvalue weighted by atomic mass is 79.9. The van der Waals surface area contributed by atoms with Crippen LogP contribution in [0.25, 0.3) is 0 Å². The molecule has 1 aromatic carbocycles. The number of hydrogen-bond acceptors (Lipinski definition) is 1. The molecule has 1 rings (SSSR count). The van der Waals surface area contributed by atoms with Gasteiger partial charge in [-0.25, -0.2) is 0 Å². The zero-order chi connectivity index (χ0) is 12.7. The normalized spacial score (nSPS) is 14.6. The SMILES string of the molecule is CCCC(C)C(CNCC)c1ccccc1Br. The third-order valence-electron chi connectivity index (χ3n) is 3.35. The summed E-state index contributed by atoms with van der Waals surface area (Å²) in [5.41, 5.74) is 1.44. The van der Waals surface area contributed by atoms with E-state index in [1.54, 1.807) is 0 Å². The van der Waals surface area contributed by atoms with Crippen LogP contribution in [0.5, 0.6) is 0 Å². The lowest BCUT2D eigenvalue weighted by Crippen LogP contribution is -2.25. The Morgan fingerprint density at radius 3 is 2.53 bits per heavy atom. The van der Waals surface area contributed by atoms with E-state index in [1.165, 1.54) is 22.9 Å². The van der Waals surface area contributed by atoms with Crippen LogP contribution in [0.3, 0.4) is 0 Å². The summed E-state index contributed by atoms with van der Waals surface area (Å²) < 4.78 is 1.24. The molecule has 0 heterocycles. The van der Waals surface area contributed by atoms with Crippen molar-refractivity contribution in [3.8, 4) is 0 Å². The van der Waals surface area contributed by atoms with Gasteiger partial charge in [-0.3, -0.25) is 0 Å². The van der Waals surface area contributed by atoms with E-state index < -0.39 is 0 Å². The maximum atomic E-state index is 3.68. The molecule has 0 radical (unpaired) electrons. The van der Waals surface area contributed by atoms with E-state index in [2.05, 4.69) is 66.3 Å². The smallest absolute Gasteiger partial charge is 0.0210 e. The lowest BCUT2D eigenvalue weighted by atomic mass is 9.84. The summed E-state index contributed by atoms with van der Waals surface area (Å²) in [4.78, 5) is 0. The van der Waals surface area contributed by atoms with E-state index in [9.17, 15) is 0 Å². The summed E-state index contributed by atoms with van der Waals surface area (Å²) in [5, 5.41) is 3.49. The van der Waals surface area contributed by atoms with Gasteiger partial charge < -0.3 is 5.32 Å². The maximum absolute atomic E-state index is 3.68. The monoisotopic (exact) mass is 297 g/mol. The second-order valence-corrected chi connectivity index (χ2v) is 5.56. The van der Waals surface area contributed by atoms with Crippen LogP contribution in [0.2, 0.25) is 0 Å². The van der Waals surface area contributed by atoms with Crippen LogP contribution >= 0.6 is 15.9 Å². The average Bonchev–Trinajstić information content (AvgIpc) is 2.32. The number of hydrogen-bond donors (Lipinski definition) is 1. The third-order valence-corrected chi connectivity index (χ3v) is 4.07. The second-order valence-electron chi connectivity index (χ2n) is 4.70. The molecule has 0 aliphatic carbocycles. The summed E-state index contributed by atoms with van der Waals surface area (Å²) in [6.07, 6.45) is 2.55. The van der Waals surface area contributed by atoms with Gasteiger partial charge in [0.1, 0.15) is 0 Å². The Hall–Kier alpha value is -0.340. The zero-order valence-corrected chi connectivity index (χ0v) is 12.8. The Balaban J connectivity index is 2.85. The fourth-order valence-corrected chi connectivity index (χ4v) is 2.93. The number of benzene rings is 1. The Morgan fingerprint density at radius 1 is 1.24 bits per heavy atom. The van der Waals surface area contributed by atoms with Gasteiger partial charge in [0.25, 0.3) is 0 Å². The topological polar surface area (TPSA) is 12.0 Å². The standard InChI is InChI=1S/C15H24BrN/c1-4-8-12(3)14(11-17-5-2)13-9-6-7-10-15(13)16/h6-7,9-10,12,14,17H,4-5,8,11H2,1-3H3. The second kappa shape index (κ2) is 7.88. The van der Waals surface area contributed by atoms with Crippen LogP contribution in [-0.2, 0) is 0 Å². The van der Waals surface area contributed by atoms with E-state index >= 15 is 0 Å². The molecule has 0 fully saturated rings. The third kappa shape index (κ3) is 4.44. The zero-order valence-electron chi connectivity index (χ0n) is 11.2. The van der Waals surface area contributed by atoms with Gasteiger partial charge in [0.15, 0.2) is 0 Å². The van der Waals surface area contributed by atoms with E-state index in [1.807, 2.05) is 0 Å². The molecule has 0 spiro atoms. The van der Waals surface area contributed by atoms with E-state index in [0.717, 1.165) is 19.0 Å². The number of likely N-dealkylation sites (N-methyl/N-ethyl adjacent to an activating group) is 1. The van der Waals surface area contributed by atoms with Gasteiger partial charge in [0.2, 0.25) is 0 Å². The van der Waals surface area contributed by atoms with Gasteiger partial charge in [-0.15, -0.1) is 0 Å². The minimum Gasteiger partial charge on any atom is -0.316 e. The number of nitrogens with one attached hydrogen (secondary N) is 1. The van der Waals surface area contributed by atoms with Crippen LogP contribution in [0.4, 0.5) is 0 Å². The van der Waals surface area contributed by atoms with Crippen molar-refractivity contribution in [3.05, 3.63) is 34.3 Å². The van der Waals surface area contributed by atoms with Gasteiger partial charge in [-0.2, -0.15) is 0 Å². The molecule has 0 aromatic heterocycles. The molecule has 0 bridgehead atoms. The van der Waals surface area contributed by atoms with Crippen molar-refractivity contribution in [2.45, 2.75) is 39.5 Å². The largest absolute Gasteiger partial charge is 0.316 e. The molecule has 2 unspecified atom stereocenters. The van der Waals surface area contributed by atoms with Crippen molar-refractivity contribution in [1.29, 1.82) is 0 Å². The Labute approximate surface area is 114 Å². The predicted octanol–water partition coefficient (Wildman–Crippen LogP) is 4.58. The highest BCUT2D eigenvalue weighted by Gasteiger charge is 2.20. The summed E-state index contributed by atoms with van der Waals surface area (Å²) in [5.74, 6) is 1.32. The van der Waals surface area contributed by atoms with Gasteiger partial charge in [0.05, 0.1) is 0 Å². The minimum atomic E-state index is 0.602. The van der Waals surface area contributed by atoms with Gasteiger partial charge in [-0.1, -0.05) is 67.7 Å². The molecule has 0 saturated heterocycles. The van der Waals surface area contributed by atoms with Crippen LogP contribution < -0.4 is 5.32 Å². The van der Waals surface area contributed by atoms with Crippen LogP contribution in [0, 0.1) is 5.92 Å². The first kappa shape index (κ1) is 14.7. The highest BCUT2D eigenvalue weighted by Crippen LogP contribution is 2.32. The molecule has 96 valence electrons. The fourth-order valence-electron chi connectivity index (χ4n) is 2.35. The highest BCUT2D eigenvalue weighted by molar-refractivity contribution is 9.10. The molecular weight excluding hydrogens is 274 g/mol. The van der Waals surface area contributed by atoms with E-state index in [-0.39, 0.29) is 0 Å². The fraction of sp³-hybridized carbons (Fsp3) is 0.600. The van der Waals surface area contributed by atoms with Gasteiger partial charge in [0, 0.05) is 16.9 Å². The minimum absolute atomic E-state index is 0.602. The molecule has 1 aromatic rings. The van der Waals surface area contributed by atoms with Crippen molar-refractivity contribution >= 4 is 15.9 Å². The molecule has 0 aliphatic rings. The summed E-state index contributed by atoms with van der Waals surface area (Å²) in [6, 6.07) is 8.62. The Bertz CT molecular complexity index is 324. The lowest BCUT2D eigenvalue weighted by Gasteiger charge is -2.25. The molecule has 0 aliphatic heterocycles. The first-order chi connectivity index (χ1) is 8.20. The Kier molecular flexibility index (Phi) is 6.83. The number of rotatable bonds is 7.